The maximum Gasteiger partial charge on any atom is 0.509 e. The van der Waals surface area contributed by atoms with Crippen molar-refractivity contribution in [2.24, 2.45) is 0 Å². The topological polar surface area (TPSA) is 15.3 Å². The second-order valence-electron chi connectivity index (χ2n) is 5.10. The predicted octanol–water partition coefficient (Wildman–Crippen LogP) is 1.44. The first-order valence-corrected chi connectivity index (χ1v) is 6.65. The first kappa shape index (κ1) is 15.0. The number of benzene rings is 1. The van der Waals surface area contributed by atoms with Crippen LogP contribution in [0.1, 0.15) is 16.7 Å². The van der Waals surface area contributed by atoms with Gasteiger partial charge in [0, 0.05) is 38.3 Å². The van der Waals surface area contributed by atoms with Gasteiger partial charge in [-0.25, -0.2) is 0 Å². The Morgan fingerprint density at radius 1 is 1.30 bits per heavy atom. The van der Waals surface area contributed by atoms with Crippen LogP contribution in [0.5, 0.6) is 0 Å². The molecule has 0 atom stereocenters. The third kappa shape index (κ3) is 3.35. The fraction of sp³-hybridized carbons (Fsp3) is 0.429. The lowest BCUT2D eigenvalue weighted by Gasteiger charge is -2.29. The smallest absolute Gasteiger partial charge is 0.445 e. The van der Waals surface area contributed by atoms with Gasteiger partial charge in [-0.1, -0.05) is 18.1 Å². The second kappa shape index (κ2) is 5.90. The molecule has 20 heavy (non-hydrogen) atoms. The van der Waals surface area contributed by atoms with Crippen LogP contribution in [0, 0.1) is 19.3 Å². The predicted molar refractivity (Wildman–Crippen MR) is 76.0 cm³/mol. The number of hydrogen-bond donors (Lipinski definition) is 1. The summed E-state index contributed by atoms with van der Waals surface area (Å²) in [5.74, 6) is 2.36. The molecule has 1 saturated heterocycles. The molecule has 0 unspecified atom stereocenters. The van der Waals surface area contributed by atoms with Crippen molar-refractivity contribution < 1.29 is 12.9 Å². The Morgan fingerprint density at radius 2 is 1.95 bits per heavy atom. The molecule has 0 amide bonds. The van der Waals surface area contributed by atoms with Crippen molar-refractivity contribution in [3.05, 3.63) is 28.8 Å². The highest BCUT2D eigenvalue weighted by Gasteiger charge is 2.27. The maximum absolute atomic E-state index is 13.0. The summed E-state index contributed by atoms with van der Waals surface area (Å²) < 4.78 is 38.9. The molecular weight excluding hydrogens is 264 g/mol. The minimum atomic E-state index is -5.02. The van der Waals surface area contributed by atoms with E-state index in [0.717, 1.165) is 37.8 Å². The number of terminal acetylenes is 1. The van der Waals surface area contributed by atoms with E-state index in [-0.39, 0.29) is 0 Å². The van der Waals surface area contributed by atoms with Crippen LogP contribution in [0.25, 0.3) is 0 Å². The van der Waals surface area contributed by atoms with Gasteiger partial charge in [-0.05, 0) is 18.1 Å². The highest BCUT2D eigenvalue weighted by atomic mass is 19.4. The Kier molecular flexibility index (Phi) is 4.41. The average Bonchev–Trinajstić information content (AvgIpc) is 2.41. The molecule has 0 spiro atoms. The summed E-state index contributed by atoms with van der Waals surface area (Å²) in [5, 5.41) is 3.22. The summed E-state index contributed by atoms with van der Waals surface area (Å²) in [7, 11) is 0. The van der Waals surface area contributed by atoms with E-state index in [4.69, 9.17) is 6.42 Å². The molecule has 0 radical (unpaired) electrons. The molecule has 1 aromatic carbocycles. The molecule has 0 bridgehead atoms. The molecule has 108 valence electrons. The van der Waals surface area contributed by atoms with E-state index in [1.54, 1.807) is 6.92 Å². The van der Waals surface area contributed by atoms with Crippen LogP contribution in [0.3, 0.4) is 0 Å². The lowest BCUT2D eigenvalue weighted by atomic mass is 9.77. The molecule has 0 aliphatic carbocycles. The van der Waals surface area contributed by atoms with Crippen molar-refractivity contribution in [3.63, 3.8) is 0 Å². The minimum Gasteiger partial charge on any atom is -0.445 e. The number of piperazine rings is 1. The Balaban J connectivity index is 2.33. The normalized spacial score (nSPS) is 16.9. The lowest BCUT2D eigenvalue weighted by molar-refractivity contribution is 0.233. The molecule has 1 aliphatic rings. The molecule has 2 rings (SSSR count). The lowest BCUT2D eigenvalue weighted by Crippen LogP contribution is -2.43. The third-order valence-corrected chi connectivity index (χ3v) is 3.67. The summed E-state index contributed by atoms with van der Waals surface area (Å²) in [6.07, 6.45) is 5.33. The number of rotatable bonds is 3. The Bertz CT molecular complexity index is 528. The summed E-state index contributed by atoms with van der Waals surface area (Å²) >= 11 is 0. The van der Waals surface area contributed by atoms with Crippen molar-refractivity contribution in [1.29, 1.82) is 0 Å². The SMILES string of the molecule is C#Cc1cc([B-](F)(F)F)cc(CN2CCNCC2)c1C. The summed E-state index contributed by atoms with van der Waals surface area (Å²) in [4.78, 5) is 2.15. The van der Waals surface area contributed by atoms with Crippen LogP contribution in [-0.4, -0.2) is 38.1 Å². The van der Waals surface area contributed by atoms with Crippen molar-refractivity contribution in [2.45, 2.75) is 13.5 Å². The molecular formula is C14H17BF3N2-. The van der Waals surface area contributed by atoms with Crippen molar-refractivity contribution in [3.8, 4) is 12.3 Å². The van der Waals surface area contributed by atoms with Gasteiger partial charge in [-0.2, -0.15) is 0 Å². The maximum atomic E-state index is 13.0. The first-order valence-electron chi connectivity index (χ1n) is 6.65. The molecule has 1 aromatic rings. The van der Waals surface area contributed by atoms with Gasteiger partial charge >= 0.3 is 6.98 Å². The van der Waals surface area contributed by atoms with Gasteiger partial charge in [0.2, 0.25) is 0 Å². The number of halogens is 3. The van der Waals surface area contributed by atoms with Crippen molar-refractivity contribution in [1.82, 2.24) is 10.2 Å². The molecule has 1 fully saturated rings. The van der Waals surface area contributed by atoms with E-state index in [1.165, 1.54) is 6.07 Å². The van der Waals surface area contributed by atoms with Gasteiger partial charge in [-0.15, -0.1) is 11.9 Å². The van der Waals surface area contributed by atoms with Crippen molar-refractivity contribution in [2.75, 3.05) is 26.2 Å². The van der Waals surface area contributed by atoms with E-state index < -0.39 is 12.4 Å². The fourth-order valence-corrected chi connectivity index (χ4v) is 2.41. The molecule has 2 nitrogen and oxygen atoms in total. The summed E-state index contributed by atoms with van der Waals surface area (Å²) in [6.45, 7) is 0.694. The van der Waals surface area contributed by atoms with E-state index in [0.29, 0.717) is 17.7 Å². The van der Waals surface area contributed by atoms with Crippen LogP contribution in [0.2, 0.25) is 0 Å². The monoisotopic (exact) mass is 281 g/mol. The molecule has 1 aliphatic heterocycles. The number of hydrogen-bond acceptors (Lipinski definition) is 2. The Hall–Kier alpha value is -1.45. The quantitative estimate of drug-likeness (QED) is 0.666. The fourth-order valence-electron chi connectivity index (χ4n) is 2.41. The third-order valence-electron chi connectivity index (χ3n) is 3.67. The molecule has 0 saturated carbocycles. The Labute approximate surface area is 117 Å². The standard InChI is InChI=1S/C14H17BF3N2/c1-3-12-8-14(15(16,17)18)9-13(11(12)2)10-20-6-4-19-5-7-20/h1,8-9,19H,4-7,10H2,2H3/q-1. The molecule has 6 heteroatoms. The van der Waals surface area contributed by atoms with Gasteiger partial charge in [0.1, 0.15) is 0 Å². The van der Waals surface area contributed by atoms with E-state index in [1.807, 2.05) is 0 Å². The van der Waals surface area contributed by atoms with Gasteiger partial charge < -0.3 is 18.3 Å². The van der Waals surface area contributed by atoms with Gasteiger partial charge in [-0.3, -0.25) is 4.90 Å². The van der Waals surface area contributed by atoms with Crippen LogP contribution in [0.15, 0.2) is 12.1 Å². The minimum absolute atomic E-state index is 0.340. The van der Waals surface area contributed by atoms with Gasteiger partial charge in [0.05, 0.1) is 0 Å². The first-order chi connectivity index (χ1) is 9.41. The van der Waals surface area contributed by atoms with Crippen LogP contribution >= 0.6 is 0 Å². The zero-order chi connectivity index (χ0) is 14.8. The average molecular weight is 281 g/mol. The van der Waals surface area contributed by atoms with Crippen LogP contribution < -0.4 is 10.8 Å². The van der Waals surface area contributed by atoms with Gasteiger partial charge in [0.25, 0.3) is 0 Å². The van der Waals surface area contributed by atoms with Crippen molar-refractivity contribution >= 4 is 12.4 Å². The Morgan fingerprint density at radius 3 is 2.50 bits per heavy atom. The molecule has 1 N–H and O–H groups in total. The number of nitrogens with one attached hydrogen (secondary N) is 1. The summed E-state index contributed by atoms with van der Waals surface area (Å²) in [5.41, 5.74) is 1.19. The summed E-state index contributed by atoms with van der Waals surface area (Å²) in [6, 6.07) is 2.33. The molecule has 1 heterocycles. The van der Waals surface area contributed by atoms with Gasteiger partial charge in [0.15, 0.2) is 0 Å². The van der Waals surface area contributed by atoms with E-state index in [9.17, 15) is 12.9 Å². The largest absolute Gasteiger partial charge is 0.509 e. The van der Waals surface area contributed by atoms with E-state index in [2.05, 4.69) is 16.1 Å². The zero-order valence-corrected chi connectivity index (χ0v) is 11.4. The van der Waals surface area contributed by atoms with Crippen LogP contribution in [0.4, 0.5) is 12.9 Å². The van der Waals surface area contributed by atoms with E-state index >= 15 is 0 Å². The highest BCUT2D eigenvalue weighted by Crippen LogP contribution is 2.18. The highest BCUT2D eigenvalue weighted by molar-refractivity contribution is 6.73. The zero-order valence-electron chi connectivity index (χ0n) is 11.4. The number of nitrogens with zero attached hydrogens (tertiary/aromatic N) is 1. The second-order valence-corrected chi connectivity index (χ2v) is 5.10. The van der Waals surface area contributed by atoms with Crippen LogP contribution in [-0.2, 0) is 6.54 Å². The molecule has 0 aromatic heterocycles.